The Hall–Kier alpha value is 0.462. The fourth-order valence-corrected chi connectivity index (χ4v) is 0.759. The van der Waals surface area contributed by atoms with Gasteiger partial charge in [-0.2, -0.15) is 7.11 Å². The maximum absolute atomic E-state index is 10.8. The van der Waals surface area contributed by atoms with Crippen LogP contribution in [-0.4, -0.2) is 23.0 Å². The molecule has 1 saturated heterocycles. The molecule has 0 saturated carbocycles. The zero-order chi connectivity index (χ0) is 9.14. The normalized spacial score (nSPS) is 15.3. The SMILES string of the molecule is [CH2-]OC(=O)ON1C(=O)CCC1=O.[Cs+]. The summed E-state index contributed by atoms with van der Waals surface area (Å²) in [7, 11) is 2.75. The van der Waals surface area contributed by atoms with Crippen LogP contribution in [0.3, 0.4) is 0 Å². The third-order valence-electron chi connectivity index (χ3n) is 1.29. The van der Waals surface area contributed by atoms with Gasteiger partial charge in [0.05, 0.1) is 0 Å². The van der Waals surface area contributed by atoms with Crippen molar-refractivity contribution in [1.29, 1.82) is 0 Å². The van der Waals surface area contributed by atoms with Gasteiger partial charge in [0, 0.05) is 12.8 Å². The summed E-state index contributed by atoms with van der Waals surface area (Å²) < 4.78 is 3.85. The van der Waals surface area contributed by atoms with Crippen molar-refractivity contribution in [2.75, 3.05) is 0 Å². The van der Waals surface area contributed by atoms with Crippen molar-refractivity contribution in [3.8, 4) is 0 Å². The van der Waals surface area contributed by atoms with E-state index in [9.17, 15) is 14.4 Å². The molecule has 6 nitrogen and oxygen atoms in total. The number of hydrogen-bond donors (Lipinski definition) is 0. The number of hydroxylamine groups is 2. The molecule has 0 radical (unpaired) electrons. The van der Waals surface area contributed by atoms with E-state index in [1.165, 1.54) is 0 Å². The van der Waals surface area contributed by atoms with Crippen LogP contribution in [-0.2, 0) is 19.2 Å². The molecule has 0 atom stereocenters. The maximum atomic E-state index is 10.8. The maximum Gasteiger partial charge on any atom is 1.00 e. The Morgan fingerprint density at radius 1 is 1.31 bits per heavy atom. The molecule has 2 amide bonds. The van der Waals surface area contributed by atoms with Crippen LogP contribution in [0.5, 0.6) is 0 Å². The first-order chi connectivity index (χ1) is 5.65. The largest absolute Gasteiger partial charge is 1.00 e. The van der Waals surface area contributed by atoms with Gasteiger partial charge in [0.25, 0.3) is 11.8 Å². The molecular formula is C6H6CsNO5. The molecule has 1 aliphatic rings. The molecule has 0 unspecified atom stereocenters. The number of rotatable bonds is 1. The van der Waals surface area contributed by atoms with Gasteiger partial charge in [-0.15, -0.1) is 0 Å². The van der Waals surface area contributed by atoms with Gasteiger partial charge in [-0.05, 0) is 0 Å². The average Bonchev–Trinajstić information content (AvgIpc) is 2.35. The fraction of sp³-hybridized carbons (Fsp3) is 0.333. The number of carbonyl (C=O) groups excluding carboxylic acids is 3. The van der Waals surface area contributed by atoms with Crippen LogP contribution in [0.2, 0.25) is 0 Å². The Morgan fingerprint density at radius 3 is 2.15 bits per heavy atom. The number of amides is 2. The summed E-state index contributed by atoms with van der Waals surface area (Å²) in [6.45, 7) is 0. The van der Waals surface area contributed by atoms with E-state index in [0.29, 0.717) is 5.06 Å². The van der Waals surface area contributed by atoms with Crippen molar-refractivity contribution in [3.63, 3.8) is 0 Å². The van der Waals surface area contributed by atoms with Gasteiger partial charge in [0.15, 0.2) is 0 Å². The van der Waals surface area contributed by atoms with E-state index in [4.69, 9.17) is 0 Å². The van der Waals surface area contributed by atoms with E-state index in [2.05, 4.69) is 16.7 Å². The van der Waals surface area contributed by atoms with Crippen LogP contribution in [0.1, 0.15) is 12.8 Å². The Morgan fingerprint density at radius 2 is 1.77 bits per heavy atom. The molecule has 66 valence electrons. The average molecular weight is 305 g/mol. The summed E-state index contributed by atoms with van der Waals surface area (Å²) in [5, 5.41) is 0.382. The molecule has 0 aromatic carbocycles. The van der Waals surface area contributed by atoms with Crippen LogP contribution < -0.4 is 68.9 Å². The van der Waals surface area contributed by atoms with Crippen molar-refractivity contribution in [2.45, 2.75) is 12.8 Å². The third-order valence-corrected chi connectivity index (χ3v) is 1.29. The summed E-state index contributed by atoms with van der Waals surface area (Å²) in [5.41, 5.74) is 0. The second-order valence-electron chi connectivity index (χ2n) is 2.07. The first kappa shape index (κ1) is 13.5. The van der Waals surface area contributed by atoms with Gasteiger partial charge < -0.3 is 4.74 Å². The van der Waals surface area contributed by atoms with Gasteiger partial charge in [0.2, 0.25) is 0 Å². The molecule has 0 aliphatic carbocycles. The van der Waals surface area contributed by atoms with E-state index in [-0.39, 0.29) is 81.7 Å². The number of nitrogens with zero attached hydrogens (tertiary/aromatic N) is 1. The molecule has 0 N–H and O–H groups in total. The molecule has 1 rings (SSSR count). The first-order valence-corrected chi connectivity index (χ1v) is 3.15. The Labute approximate surface area is 133 Å². The van der Waals surface area contributed by atoms with Gasteiger partial charge in [0.1, 0.15) is 0 Å². The van der Waals surface area contributed by atoms with Crippen molar-refractivity contribution >= 4 is 18.0 Å². The smallest absolute Gasteiger partial charge is 0.607 e. The summed E-state index contributed by atoms with van der Waals surface area (Å²) in [5.74, 6) is -1.10. The molecule has 1 heterocycles. The molecule has 1 fully saturated rings. The van der Waals surface area contributed by atoms with Gasteiger partial charge in [-0.1, -0.05) is 5.06 Å². The van der Waals surface area contributed by atoms with Crippen molar-refractivity contribution < 1.29 is 92.9 Å². The minimum Gasteiger partial charge on any atom is -0.607 e. The zero-order valence-corrected chi connectivity index (χ0v) is 13.4. The topological polar surface area (TPSA) is 72.9 Å². The second kappa shape index (κ2) is 6.04. The predicted molar refractivity (Wildman–Crippen MR) is 34.0 cm³/mol. The quantitative estimate of drug-likeness (QED) is 0.293. The van der Waals surface area contributed by atoms with Crippen LogP contribution >= 0.6 is 0 Å². The zero-order valence-electron chi connectivity index (χ0n) is 7.11. The number of carbonyl (C=O) groups is 3. The van der Waals surface area contributed by atoms with Crippen LogP contribution in [0.4, 0.5) is 4.79 Å². The first-order valence-electron chi connectivity index (χ1n) is 3.15. The van der Waals surface area contributed by atoms with E-state index < -0.39 is 18.0 Å². The minimum atomic E-state index is -1.18. The summed E-state index contributed by atoms with van der Waals surface area (Å²) in [4.78, 5) is 36.2. The van der Waals surface area contributed by atoms with Crippen molar-refractivity contribution in [1.82, 2.24) is 5.06 Å². The fourth-order valence-electron chi connectivity index (χ4n) is 0.759. The summed E-state index contributed by atoms with van der Waals surface area (Å²) in [6, 6.07) is 0. The van der Waals surface area contributed by atoms with Crippen LogP contribution in [0.15, 0.2) is 0 Å². The minimum absolute atomic E-state index is 0. The molecule has 13 heavy (non-hydrogen) atoms. The number of imide groups is 1. The Kier molecular flexibility index (Phi) is 6.26. The monoisotopic (exact) mass is 305 g/mol. The van der Waals surface area contributed by atoms with E-state index >= 15 is 0 Å². The van der Waals surface area contributed by atoms with Crippen LogP contribution in [0, 0.1) is 7.11 Å². The molecular weight excluding hydrogens is 299 g/mol. The van der Waals surface area contributed by atoms with Crippen molar-refractivity contribution in [2.24, 2.45) is 0 Å². The summed E-state index contributed by atoms with van der Waals surface area (Å²) in [6.07, 6.45) is -1.06. The molecule has 0 aromatic heterocycles. The Balaban J connectivity index is 0.00000144. The third kappa shape index (κ3) is 3.60. The standard InChI is InChI=1S/C6H6NO5.Cs/c1-11-6(10)12-7-4(8)2-3-5(7)9;/h1-3H2;/q-1;+1. The van der Waals surface area contributed by atoms with Gasteiger partial charge in [-0.3, -0.25) is 14.4 Å². The van der Waals surface area contributed by atoms with E-state index in [0.717, 1.165) is 0 Å². The van der Waals surface area contributed by atoms with Gasteiger partial charge >= 0.3 is 75.0 Å². The number of hydrogen-bond acceptors (Lipinski definition) is 5. The van der Waals surface area contributed by atoms with Crippen LogP contribution in [0.25, 0.3) is 0 Å². The molecule has 1 aliphatic heterocycles. The van der Waals surface area contributed by atoms with Gasteiger partial charge in [-0.25, -0.2) is 4.79 Å². The second-order valence-corrected chi connectivity index (χ2v) is 2.07. The van der Waals surface area contributed by atoms with Crippen molar-refractivity contribution in [3.05, 3.63) is 7.11 Å². The number of ether oxygens (including phenoxy) is 1. The Bertz CT molecular complexity index is 225. The molecule has 7 heteroatoms. The molecule has 0 aromatic rings. The van der Waals surface area contributed by atoms with E-state index in [1.54, 1.807) is 0 Å². The molecule has 0 spiro atoms. The summed E-state index contributed by atoms with van der Waals surface area (Å²) >= 11 is 0. The van der Waals surface area contributed by atoms with E-state index in [1.807, 2.05) is 0 Å². The predicted octanol–water partition coefficient (Wildman–Crippen LogP) is -3.00. The molecule has 0 bridgehead atoms.